The first-order chi connectivity index (χ1) is 17.7. The summed E-state index contributed by atoms with van der Waals surface area (Å²) in [6, 6.07) is 10.9. The highest BCUT2D eigenvalue weighted by Gasteiger charge is 2.11. The number of carbonyl (C=O) groups is 1. The Kier molecular flexibility index (Phi) is 16.6. The van der Waals surface area contributed by atoms with Gasteiger partial charge < -0.3 is 9.30 Å². The third-order valence-corrected chi connectivity index (χ3v) is 8.51. The van der Waals surface area contributed by atoms with Crippen molar-refractivity contribution in [3.05, 3.63) is 61.2 Å². The second kappa shape index (κ2) is 19.9. The molecule has 0 N–H and O–H groups in total. The van der Waals surface area contributed by atoms with Crippen molar-refractivity contribution in [3.63, 3.8) is 0 Å². The van der Waals surface area contributed by atoms with E-state index in [2.05, 4.69) is 65.4 Å². The molecule has 5 heteroatoms. The van der Waals surface area contributed by atoms with Gasteiger partial charge in [0.2, 0.25) is 0 Å². The molecule has 0 spiro atoms. The Balaban J connectivity index is 1.43. The zero-order chi connectivity index (χ0) is 25.7. The van der Waals surface area contributed by atoms with Crippen molar-refractivity contribution in [2.45, 2.75) is 103 Å². The Morgan fingerprint density at radius 2 is 1.81 bits per heavy atom. The Bertz CT molecular complexity index is 849. The van der Waals surface area contributed by atoms with E-state index >= 15 is 0 Å². The van der Waals surface area contributed by atoms with Crippen LogP contribution in [0.1, 0.15) is 103 Å². The number of hydrogen-bond donors (Lipinski definition) is 0. The number of unbranched alkanes of at least 4 members (excludes halogenated alkanes) is 8. The highest BCUT2D eigenvalue weighted by atomic mass is 31.1. The van der Waals surface area contributed by atoms with Crippen LogP contribution in [0.4, 0.5) is 0 Å². The maximum Gasteiger partial charge on any atom is 0.305 e. The van der Waals surface area contributed by atoms with Crippen molar-refractivity contribution < 1.29 is 9.53 Å². The lowest BCUT2D eigenvalue weighted by Crippen LogP contribution is -2.07. The molecule has 1 aromatic carbocycles. The van der Waals surface area contributed by atoms with E-state index in [1.54, 1.807) is 0 Å². The number of allylic oxidation sites excluding steroid dienone is 2. The van der Waals surface area contributed by atoms with Gasteiger partial charge in [-0.3, -0.25) is 4.79 Å². The monoisotopic (exact) mass is 511 g/mol. The summed E-state index contributed by atoms with van der Waals surface area (Å²) in [7, 11) is -0.396. The second-order valence-electron chi connectivity index (χ2n) is 9.70. The standard InChI is InChI=1S/C31H48N2O2P/c1-3-4-5-13-19-29(33-25-24-32-28-33)20-14-10-8-6-7-9-11-17-23-31(34)35-26-18-27-36(2)30-21-15-12-16-22-30/h10,12,14-16,21-22,24-25,28-29H,2-9,11,13,17-20,23,26-27H2,1H3/q+1/b14-10-. The molecule has 0 fully saturated rings. The van der Waals surface area contributed by atoms with Crippen molar-refractivity contribution in [2.24, 2.45) is 0 Å². The van der Waals surface area contributed by atoms with Crippen LogP contribution in [-0.4, -0.2) is 34.6 Å². The summed E-state index contributed by atoms with van der Waals surface area (Å²) in [5.41, 5.74) is 0. The van der Waals surface area contributed by atoms with Crippen LogP contribution in [0.2, 0.25) is 0 Å². The first-order valence-corrected chi connectivity index (χ1v) is 15.8. The summed E-state index contributed by atoms with van der Waals surface area (Å²) in [5, 5.41) is 1.31. The van der Waals surface area contributed by atoms with E-state index in [-0.39, 0.29) is 5.97 Å². The number of benzene rings is 1. The van der Waals surface area contributed by atoms with Crippen molar-refractivity contribution in [1.82, 2.24) is 9.55 Å². The first kappa shape index (κ1) is 30.0. The second-order valence-corrected chi connectivity index (χ2v) is 11.7. The molecule has 0 aliphatic carbocycles. The normalized spacial score (nSPS) is 12.6. The number of esters is 1. The van der Waals surface area contributed by atoms with Crippen LogP contribution in [0.3, 0.4) is 0 Å². The van der Waals surface area contributed by atoms with Crippen LogP contribution < -0.4 is 5.30 Å². The highest BCUT2D eigenvalue weighted by molar-refractivity contribution is 7.63. The number of hydrogen-bond acceptors (Lipinski definition) is 3. The van der Waals surface area contributed by atoms with E-state index in [1.165, 1.54) is 56.7 Å². The van der Waals surface area contributed by atoms with Crippen molar-refractivity contribution >= 4 is 25.1 Å². The minimum Gasteiger partial charge on any atom is -0.466 e. The van der Waals surface area contributed by atoms with E-state index < -0.39 is 7.55 Å². The summed E-state index contributed by atoms with van der Waals surface area (Å²) in [6.45, 7) is 2.78. The Morgan fingerprint density at radius 3 is 2.58 bits per heavy atom. The molecule has 0 saturated carbocycles. The fourth-order valence-electron chi connectivity index (χ4n) is 4.40. The lowest BCUT2D eigenvalue weighted by Gasteiger charge is -2.16. The molecule has 2 atom stereocenters. The van der Waals surface area contributed by atoms with Crippen LogP contribution >= 0.6 is 7.55 Å². The van der Waals surface area contributed by atoms with Gasteiger partial charge in [0.05, 0.1) is 19.2 Å². The van der Waals surface area contributed by atoms with Crippen LogP contribution in [-0.2, 0) is 9.53 Å². The van der Waals surface area contributed by atoms with Crippen LogP contribution in [0.25, 0.3) is 0 Å². The van der Waals surface area contributed by atoms with Crippen LogP contribution in [0, 0.1) is 0 Å². The molecule has 0 bridgehead atoms. The van der Waals surface area contributed by atoms with Gasteiger partial charge in [0.25, 0.3) is 0 Å². The fraction of sp³-hybridized carbons (Fsp3) is 0.581. The Morgan fingerprint density at radius 1 is 1.03 bits per heavy atom. The van der Waals surface area contributed by atoms with Gasteiger partial charge in [-0.05, 0) is 44.2 Å². The van der Waals surface area contributed by atoms with Crippen molar-refractivity contribution in [2.75, 3.05) is 12.8 Å². The predicted molar refractivity (Wildman–Crippen MR) is 157 cm³/mol. The maximum absolute atomic E-state index is 12.0. The SMILES string of the molecule is C=[P+](CCCOC(=O)CCCCCCC/C=C\CC(CCCCCC)n1ccnc1)c1ccccc1. The lowest BCUT2D eigenvalue weighted by atomic mass is 10.0. The quantitative estimate of drug-likeness (QED) is 0.0733. The molecule has 0 saturated heterocycles. The largest absolute Gasteiger partial charge is 0.466 e. The zero-order valence-electron chi connectivity index (χ0n) is 22.5. The summed E-state index contributed by atoms with van der Waals surface area (Å²) in [5.74, 6) is -0.0480. The van der Waals surface area contributed by atoms with E-state index in [9.17, 15) is 4.79 Å². The molecule has 198 valence electrons. The average Bonchev–Trinajstić information content (AvgIpc) is 3.44. The van der Waals surface area contributed by atoms with Gasteiger partial charge in [0.1, 0.15) is 19.0 Å². The number of ether oxygens (including phenoxy) is 1. The van der Waals surface area contributed by atoms with Gasteiger partial charge in [-0.15, -0.1) is 0 Å². The summed E-state index contributed by atoms with van der Waals surface area (Å²) >= 11 is 0. The number of aromatic nitrogens is 2. The lowest BCUT2D eigenvalue weighted by molar-refractivity contribution is -0.143. The molecular formula is C31H48N2O2P+. The topological polar surface area (TPSA) is 44.1 Å². The summed E-state index contributed by atoms with van der Waals surface area (Å²) < 4.78 is 7.68. The molecule has 2 unspecified atom stereocenters. The van der Waals surface area contributed by atoms with E-state index in [0.29, 0.717) is 19.1 Å². The van der Waals surface area contributed by atoms with E-state index in [4.69, 9.17) is 4.74 Å². The summed E-state index contributed by atoms with van der Waals surface area (Å²) in [6.07, 6.45) is 31.8. The smallest absolute Gasteiger partial charge is 0.305 e. The minimum atomic E-state index is -0.396. The van der Waals surface area contributed by atoms with Crippen LogP contribution in [0.5, 0.6) is 0 Å². The molecule has 1 heterocycles. The van der Waals surface area contributed by atoms with E-state index in [0.717, 1.165) is 38.3 Å². The maximum atomic E-state index is 12.0. The molecule has 0 radical (unpaired) electrons. The number of carbonyl (C=O) groups excluding carboxylic acids is 1. The Hall–Kier alpha value is -2.19. The van der Waals surface area contributed by atoms with Crippen LogP contribution in [0.15, 0.2) is 61.2 Å². The molecule has 0 aliphatic heterocycles. The molecule has 4 nitrogen and oxygen atoms in total. The highest BCUT2D eigenvalue weighted by Crippen LogP contribution is 2.21. The van der Waals surface area contributed by atoms with Gasteiger partial charge in [0, 0.05) is 31.3 Å². The molecule has 36 heavy (non-hydrogen) atoms. The third-order valence-electron chi connectivity index (χ3n) is 6.62. The molecule has 0 amide bonds. The number of nitrogens with zero attached hydrogens (tertiary/aromatic N) is 2. The fourth-order valence-corrected chi connectivity index (χ4v) is 5.76. The van der Waals surface area contributed by atoms with Crippen molar-refractivity contribution in [1.29, 1.82) is 0 Å². The molecule has 2 aromatic rings. The van der Waals surface area contributed by atoms with Gasteiger partial charge in [-0.2, -0.15) is 0 Å². The molecular weight excluding hydrogens is 463 g/mol. The predicted octanol–water partition coefficient (Wildman–Crippen LogP) is 8.24. The first-order valence-electron chi connectivity index (χ1n) is 14.1. The zero-order valence-corrected chi connectivity index (χ0v) is 23.4. The minimum absolute atomic E-state index is 0.0480. The van der Waals surface area contributed by atoms with Crippen molar-refractivity contribution in [3.8, 4) is 0 Å². The molecule has 0 aliphatic rings. The van der Waals surface area contributed by atoms with Gasteiger partial charge in [-0.25, -0.2) is 4.98 Å². The van der Waals surface area contributed by atoms with Gasteiger partial charge >= 0.3 is 5.97 Å². The molecule has 2 rings (SSSR count). The number of imidazole rings is 1. The Labute approximate surface area is 220 Å². The average molecular weight is 512 g/mol. The van der Waals surface area contributed by atoms with Gasteiger partial charge in [-0.1, -0.05) is 82.2 Å². The summed E-state index contributed by atoms with van der Waals surface area (Å²) in [4.78, 5) is 16.2. The third kappa shape index (κ3) is 13.8. The van der Waals surface area contributed by atoms with E-state index in [1.807, 2.05) is 18.6 Å². The number of rotatable bonds is 21. The van der Waals surface area contributed by atoms with Gasteiger partial charge in [0.15, 0.2) is 0 Å². The molecule has 1 aromatic heterocycles.